The number of piperidine rings is 1. The lowest BCUT2D eigenvalue weighted by atomic mass is 9.87. The zero-order chi connectivity index (χ0) is 16.2. The summed E-state index contributed by atoms with van der Waals surface area (Å²) in [7, 11) is 1.98. The second kappa shape index (κ2) is 7.51. The monoisotopic (exact) mass is 320 g/mol. The molecule has 4 heteroatoms. The van der Waals surface area contributed by atoms with Crippen molar-refractivity contribution in [2.75, 3.05) is 25.9 Å². The molecule has 1 heterocycles. The standard InChI is InChI=1S/C18H28N2OS/c1-18(2,3)14-7-9-16(10-8-14)22-13-17(21)20-11-5-6-15(12-20)19-4/h7-10,15,19H,5-6,11-13H2,1-4H3. The van der Waals surface area contributed by atoms with E-state index >= 15 is 0 Å². The van der Waals surface area contributed by atoms with E-state index in [1.54, 1.807) is 11.8 Å². The van der Waals surface area contributed by atoms with Crippen molar-refractivity contribution in [3.63, 3.8) is 0 Å². The van der Waals surface area contributed by atoms with Gasteiger partial charge in [-0.15, -0.1) is 11.8 Å². The summed E-state index contributed by atoms with van der Waals surface area (Å²) in [6, 6.07) is 9.06. The van der Waals surface area contributed by atoms with Gasteiger partial charge in [-0.1, -0.05) is 32.9 Å². The molecule has 1 aliphatic heterocycles. The molecule has 3 nitrogen and oxygen atoms in total. The number of likely N-dealkylation sites (N-methyl/N-ethyl adjacent to an activating group) is 1. The molecule has 1 unspecified atom stereocenters. The highest BCUT2D eigenvalue weighted by molar-refractivity contribution is 8.00. The Morgan fingerprint density at radius 3 is 2.59 bits per heavy atom. The van der Waals surface area contributed by atoms with Gasteiger partial charge in [0.1, 0.15) is 0 Å². The van der Waals surface area contributed by atoms with Crippen LogP contribution in [0, 0.1) is 0 Å². The number of hydrogen-bond acceptors (Lipinski definition) is 3. The van der Waals surface area contributed by atoms with Crippen LogP contribution < -0.4 is 5.32 Å². The van der Waals surface area contributed by atoms with Gasteiger partial charge >= 0.3 is 0 Å². The topological polar surface area (TPSA) is 32.3 Å². The van der Waals surface area contributed by atoms with Crippen LogP contribution in [0.15, 0.2) is 29.2 Å². The first-order valence-electron chi connectivity index (χ1n) is 8.08. The molecular weight excluding hydrogens is 292 g/mol. The van der Waals surface area contributed by atoms with Crippen LogP contribution in [0.5, 0.6) is 0 Å². The van der Waals surface area contributed by atoms with Crippen LogP contribution in [0.3, 0.4) is 0 Å². The zero-order valence-corrected chi connectivity index (χ0v) is 15.0. The summed E-state index contributed by atoms with van der Waals surface area (Å²) in [6.45, 7) is 8.40. The molecule has 1 aromatic carbocycles. The Hall–Kier alpha value is -1.00. The molecule has 0 aliphatic carbocycles. The second-order valence-corrected chi connectivity index (χ2v) is 8.08. The Labute approximate surface area is 138 Å². The lowest BCUT2D eigenvalue weighted by molar-refractivity contribution is -0.129. The minimum Gasteiger partial charge on any atom is -0.340 e. The van der Waals surface area contributed by atoms with E-state index in [2.05, 4.69) is 50.4 Å². The number of hydrogen-bond donors (Lipinski definition) is 1. The fourth-order valence-electron chi connectivity index (χ4n) is 2.73. The zero-order valence-electron chi connectivity index (χ0n) is 14.2. The predicted octanol–water partition coefficient (Wildman–Crippen LogP) is 3.29. The summed E-state index contributed by atoms with van der Waals surface area (Å²) in [5.41, 5.74) is 1.51. The third-order valence-corrected chi connectivity index (χ3v) is 5.26. The molecule has 1 saturated heterocycles. The molecule has 122 valence electrons. The average molecular weight is 321 g/mol. The molecule has 1 atom stereocenters. The van der Waals surface area contributed by atoms with E-state index in [1.165, 1.54) is 16.9 Å². The number of benzene rings is 1. The van der Waals surface area contributed by atoms with Crippen molar-refractivity contribution < 1.29 is 4.79 Å². The van der Waals surface area contributed by atoms with Gasteiger partial charge in [-0.3, -0.25) is 4.79 Å². The third-order valence-electron chi connectivity index (χ3n) is 4.26. The highest BCUT2D eigenvalue weighted by Gasteiger charge is 2.22. The van der Waals surface area contributed by atoms with Crippen LogP contribution in [-0.2, 0) is 10.2 Å². The number of likely N-dealkylation sites (tertiary alicyclic amines) is 1. The highest BCUT2D eigenvalue weighted by atomic mass is 32.2. The summed E-state index contributed by atoms with van der Waals surface area (Å²) in [5.74, 6) is 0.788. The van der Waals surface area contributed by atoms with Gasteiger partial charge < -0.3 is 10.2 Å². The summed E-state index contributed by atoms with van der Waals surface area (Å²) >= 11 is 1.64. The Bertz CT molecular complexity index is 493. The van der Waals surface area contributed by atoms with Crippen LogP contribution in [0.25, 0.3) is 0 Å². The maximum absolute atomic E-state index is 12.3. The Morgan fingerprint density at radius 2 is 2.00 bits per heavy atom. The van der Waals surface area contributed by atoms with E-state index < -0.39 is 0 Å². The van der Waals surface area contributed by atoms with E-state index in [9.17, 15) is 4.79 Å². The van der Waals surface area contributed by atoms with E-state index in [0.717, 1.165) is 19.5 Å². The van der Waals surface area contributed by atoms with Crippen molar-refractivity contribution >= 4 is 17.7 Å². The van der Waals surface area contributed by atoms with Gasteiger partial charge in [-0.25, -0.2) is 0 Å². The van der Waals surface area contributed by atoms with Crippen molar-refractivity contribution in [1.82, 2.24) is 10.2 Å². The van der Waals surface area contributed by atoms with Gasteiger partial charge in [0, 0.05) is 24.0 Å². The first-order valence-corrected chi connectivity index (χ1v) is 9.07. The van der Waals surface area contributed by atoms with Crippen molar-refractivity contribution in [2.45, 2.75) is 50.0 Å². The minimum atomic E-state index is 0.176. The molecule has 1 fully saturated rings. The molecule has 0 saturated carbocycles. The molecule has 0 aromatic heterocycles. The number of amides is 1. The molecule has 1 N–H and O–H groups in total. The van der Waals surface area contributed by atoms with Gasteiger partial charge in [0.05, 0.1) is 5.75 Å². The molecular formula is C18H28N2OS. The highest BCUT2D eigenvalue weighted by Crippen LogP contribution is 2.26. The van der Waals surface area contributed by atoms with E-state index in [0.29, 0.717) is 11.8 Å². The maximum atomic E-state index is 12.3. The number of nitrogens with one attached hydrogen (secondary N) is 1. The van der Waals surface area contributed by atoms with Gasteiger partial charge in [-0.05, 0) is 43.0 Å². The fourth-order valence-corrected chi connectivity index (χ4v) is 3.53. The van der Waals surface area contributed by atoms with Gasteiger partial charge in [-0.2, -0.15) is 0 Å². The minimum absolute atomic E-state index is 0.176. The van der Waals surface area contributed by atoms with Crippen molar-refractivity contribution in [2.24, 2.45) is 0 Å². The van der Waals surface area contributed by atoms with Crippen LogP contribution in [0.1, 0.15) is 39.2 Å². The van der Waals surface area contributed by atoms with Crippen LogP contribution in [0.2, 0.25) is 0 Å². The molecule has 0 bridgehead atoms. The molecule has 22 heavy (non-hydrogen) atoms. The van der Waals surface area contributed by atoms with Crippen LogP contribution in [0.4, 0.5) is 0 Å². The number of nitrogens with zero attached hydrogens (tertiary/aromatic N) is 1. The summed E-state index contributed by atoms with van der Waals surface area (Å²) in [4.78, 5) is 15.5. The Kier molecular flexibility index (Phi) is 5.93. The van der Waals surface area contributed by atoms with Gasteiger partial charge in [0.2, 0.25) is 5.91 Å². The summed E-state index contributed by atoms with van der Waals surface area (Å²) in [5, 5.41) is 3.28. The van der Waals surface area contributed by atoms with Gasteiger partial charge in [0.25, 0.3) is 0 Å². The number of carbonyl (C=O) groups excluding carboxylic acids is 1. The first-order chi connectivity index (χ1) is 10.4. The van der Waals surface area contributed by atoms with E-state index in [4.69, 9.17) is 0 Å². The number of thioether (sulfide) groups is 1. The lowest BCUT2D eigenvalue weighted by Crippen LogP contribution is -2.47. The van der Waals surface area contributed by atoms with E-state index in [-0.39, 0.29) is 11.3 Å². The molecule has 0 spiro atoms. The molecule has 1 aromatic rings. The molecule has 1 amide bonds. The second-order valence-electron chi connectivity index (χ2n) is 7.03. The van der Waals surface area contributed by atoms with Crippen molar-refractivity contribution in [3.05, 3.63) is 29.8 Å². The number of carbonyl (C=O) groups is 1. The quantitative estimate of drug-likeness (QED) is 0.864. The molecule has 1 aliphatic rings. The third kappa shape index (κ3) is 4.75. The lowest BCUT2D eigenvalue weighted by Gasteiger charge is -2.32. The largest absolute Gasteiger partial charge is 0.340 e. The van der Waals surface area contributed by atoms with Crippen LogP contribution >= 0.6 is 11.8 Å². The summed E-state index contributed by atoms with van der Waals surface area (Å²) < 4.78 is 0. The average Bonchev–Trinajstić information content (AvgIpc) is 2.52. The van der Waals surface area contributed by atoms with Gasteiger partial charge in [0.15, 0.2) is 0 Å². The normalized spacial score (nSPS) is 19.3. The summed E-state index contributed by atoms with van der Waals surface area (Å²) in [6.07, 6.45) is 2.27. The van der Waals surface area contributed by atoms with Crippen molar-refractivity contribution in [1.29, 1.82) is 0 Å². The fraction of sp³-hybridized carbons (Fsp3) is 0.611. The SMILES string of the molecule is CNC1CCCN(C(=O)CSc2ccc(C(C)(C)C)cc2)C1. The van der Waals surface area contributed by atoms with Crippen molar-refractivity contribution in [3.8, 4) is 0 Å². The first kappa shape index (κ1) is 17.4. The Balaban J connectivity index is 1.86. The Morgan fingerprint density at radius 1 is 1.32 bits per heavy atom. The molecule has 2 rings (SSSR count). The molecule has 0 radical (unpaired) electrons. The van der Waals surface area contributed by atoms with E-state index in [1.807, 2.05) is 11.9 Å². The number of rotatable bonds is 4. The van der Waals surface area contributed by atoms with Crippen LogP contribution in [-0.4, -0.2) is 42.7 Å². The maximum Gasteiger partial charge on any atom is 0.232 e. The predicted molar refractivity (Wildman–Crippen MR) is 94.5 cm³/mol. The smallest absolute Gasteiger partial charge is 0.232 e.